The summed E-state index contributed by atoms with van der Waals surface area (Å²) in [5.41, 5.74) is 1.37. The van der Waals surface area contributed by atoms with Gasteiger partial charge in [0, 0.05) is 10.8 Å². The van der Waals surface area contributed by atoms with Crippen molar-refractivity contribution < 1.29 is 12.8 Å². The highest BCUT2D eigenvalue weighted by molar-refractivity contribution is 14.1. The molecule has 0 aliphatic rings. The molecule has 132 valence electrons. The monoisotopic (exact) mass is 501 g/mol. The van der Waals surface area contributed by atoms with Gasteiger partial charge in [0.25, 0.3) is 10.0 Å². The SMILES string of the molecule is Cc1ccc(S(=O)(=O)n2c3cnc(Cl)cc3c3c(I)c(F)cnc32)cc1. The zero-order chi connectivity index (χ0) is 18.6. The third-order valence-corrected chi connectivity index (χ3v) is 7.02. The molecule has 0 spiro atoms. The van der Waals surface area contributed by atoms with Crippen molar-refractivity contribution in [1.29, 1.82) is 0 Å². The van der Waals surface area contributed by atoms with E-state index in [1.54, 1.807) is 12.1 Å². The van der Waals surface area contributed by atoms with Crippen LogP contribution < -0.4 is 0 Å². The summed E-state index contributed by atoms with van der Waals surface area (Å²) in [6.07, 6.45) is 2.37. The summed E-state index contributed by atoms with van der Waals surface area (Å²) in [7, 11) is -3.96. The zero-order valence-corrected chi connectivity index (χ0v) is 17.0. The van der Waals surface area contributed by atoms with E-state index < -0.39 is 15.8 Å². The summed E-state index contributed by atoms with van der Waals surface area (Å²) < 4.78 is 42.0. The van der Waals surface area contributed by atoms with Gasteiger partial charge in [-0.15, -0.1) is 0 Å². The third kappa shape index (κ3) is 2.58. The fourth-order valence-electron chi connectivity index (χ4n) is 2.81. The van der Waals surface area contributed by atoms with Gasteiger partial charge >= 0.3 is 0 Å². The number of fused-ring (bicyclic) bond motifs is 3. The van der Waals surface area contributed by atoms with E-state index in [1.807, 2.05) is 29.5 Å². The van der Waals surface area contributed by atoms with Gasteiger partial charge in [-0.2, -0.15) is 0 Å². The molecule has 5 nitrogen and oxygen atoms in total. The minimum Gasteiger partial charge on any atom is -0.242 e. The summed E-state index contributed by atoms with van der Waals surface area (Å²) in [4.78, 5) is 8.15. The van der Waals surface area contributed by atoms with Crippen molar-refractivity contribution in [3.05, 3.63) is 62.8 Å². The molecule has 9 heteroatoms. The number of nitrogens with zero attached hydrogens (tertiary/aromatic N) is 3. The predicted octanol–water partition coefficient (Wildman–Crippen LogP) is 4.53. The van der Waals surface area contributed by atoms with Crippen molar-refractivity contribution in [3.8, 4) is 0 Å². The van der Waals surface area contributed by atoms with Crippen molar-refractivity contribution in [2.24, 2.45) is 0 Å². The molecule has 0 amide bonds. The lowest BCUT2D eigenvalue weighted by Gasteiger charge is -2.09. The first-order valence-electron chi connectivity index (χ1n) is 7.42. The van der Waals surface area contributed by atoms with Crippen LogP contribution in [0.1, 0.15) is 5.56 Å². The van der Waals surface area contributed by atoms with Crippen LogP contribution in [0.5, 0.6) is 0 Å². The van der Waals surface area contributed by atoms with Gasteiger partial charge in [-0.05, 0) is 47.7 Å². The Balaban J connectivity index is 2.18. The van der Waals surface area contributed by atoms with E-state index in [9.17, 15) is 12.8 Å². The topological polar surface area (TPSA) is 64.8 Å². The Morgan fingerprint density at radius 1 is 1.15 bits per heavy atom. The fraction of sp³-hybridized carbons (Fsp3) is 0.0588. The Hall–Kier alpha value is -1.78. The van der Waals surface area contributed by atoms with E-state index in [0.717, 1.165) is 15.7 Å². The summed E-state index contributed by atoms with van der Waals surface area (Å²) in [5.74, 6) is -0.530. The second-order valence-electron chi connectivity index (χ2n) is 5.73. The van der Waals surface area contributed by atoms with Crippen LogP contribution in [0, 0.1) is 16.3 Å². The lowest BCUT2D eigenvalue weighted by Crippen LogP contribution is -2.13. The largest absolute Gasteiger partial charge is 0.269 e. The Morgan fingerprint density at radius 2 is 1.85 bits per heavy atom. The molecule has 0 aliphatic carbocycles. The number of benzene rings is 1. The summed E-state index contributed by atoms with van der Waals surface area (Å²) in [6.45, 7) is 1.87. The molecule has 3 heterocycles. The van der Waals surface area contributed by atoms with E-state index >= 15 is 0 Å². The van der Waals surface area contributed by atoms with Gasteiger partial charge in [0.2, 0.25) is 0 Å². The number of pyridine rings is 2. The number of hydrogen-bond acceptors (Lipinski definition) is 4. The van der Waals surface area contributed by atoms with E-state index in [2.05, 4.69) is 9.97 Å². The quantitative estimate of drug-likeness (QED) is 0.299. The van der Waals surface area contributed by atoms with Crippen molar-refractivity contribution in [2.45, 2.75) is 11.8 Å². The first-order chi connectivity index (χ1) is 12.3. The molecule has 4 rings (SSSR count). The highest BCUT2D eigenvalue weighted by Crippen LogP contribution is 2.35. The molecule has 0 fully saturated rings. The molecule has 26 heavy (non-hydrogen) atoms. The number of aromatic nitrogens is 3. The van der Waals surface area contributed by atoms with Gasteiger partial charge in [0.15, 0.2) is 11.5 Å². The second kappa shape index (κ2) is 6.14. The third-order valence-electron chi connectivity index (χ3n) is 4.04. The van der Waals surface area contributed by atoms with E-state index in [0.29, 0.717) is 16.3 Å². The van der Waals surface area contributed by atoms with Gasteiger partial charge < -0.3 is 0 Å². The lowest BCUT2D eigenvalue weighted by atomic mass is 10.2. The van der Waals surface area contributed by atoms with Gasteiger partial charge in [0.05, 0.1) is 26.4 Å². The average molecular weight is 502 g/mol. The maximum absolute atomic E-state index is 14.1. The van der Waals surface area contributed by atoms with E-state index in [1.165, 1.54) is 24.4 Å². The lowest BCUT2D eigenvalue weighted by molar-refractivity contribution is 0.589. The summed E-state index contributed by atoms with van der Waals surface area (Å²) in [5, 5.41) is 1.05. The van der Waals surface area contributed by atoms with Crippen molar-refractivity contribution in [3.63, 3.8) is 0 Å². The van der Waals surface area contributed by atoms with Gasteiger partial charge in [0.1, 0.15) is 5.15 Å². The number of halogens is 3. The number of hydrogen-bond donors (Lipinski definition) is 0. The van der Waals surface area contributed by atoms with Crippen LogP contribution in [-0.4, -0.2) is 22.4 Å². The van der Waals surface area contributed by atoms with Crippen molar-refractivity contribution >= 4 is 66.2 Å². The molecule has 0 bridgehead atoms. The average Bonchev–Trinajstić information content (AvgIpc) is 2.93. The van der Waals surface area contributed by atoms with Crippen LogP contribution in [0.4, 0.5) is 4.39 Å². The van der Waals surface area contributed by atoms with E-state index in [4.69, 9.17) is 11.6 Å². The Kier molecular flexibility index (Phi) is 4.16. The van der Waals surface area contributed by atoms with Gasteiger partial charge in [-0.25, -0.2) is 26.7 Å². The molecule has 4 aromatic rings. The van der Waals surface area contributed by atoms with Gasteiger partial charge in [-0.3, -0.25) is 0 Å². The molecule has 0 N–H and O–H groups in total. The maximum atomic E-state index is 14.1. The normalized spacial score (nSPS) is 12.2. The van der Waals surface area contributed by atoms with Crippen LogP contribution in [0.3, 0.4) is 0 Å². The van der Waals surface area contributed by atoms with Crippen LogP contribution >= 0.6 is 34.2 Å². The molecule has 1 aromatic carbocycles. The molecule has 0 saturated heterocycles. The minimum atomic E-state index is -3.96. The predicted molar refractivity (Wildman–Crippen MR) is 106 cm³/mol. The molecular formula is C17H10ClFIN3O2S. The van der Waals surface area contributed by atoms with Crippen LogP contribution in [-0.2, 0) is 10.0 Å². The minimum absolute atomic E-state index is 0.109. The number of rotatable bonds is 2. The first kappa shape index (κ1) is 17.6. The summed E-state index contributed by atoms with van der Waals surface area (Å²) in [6, 6.07) is 8.00. The van der Waals surface area contributed by atoms with Crippen molar-refractivity contribution in [1.82, 2.24) is 13.9 Å². The Bertz CT molecular complexity index is 1290. The Labute approximate surface area is 167 Å². The van der Waals surface area contributed by atoms with E-state index in [-0.39, 0.29) is 19.3 Å². The van der Waals surface area contributed by atoms with Gasteiger partial charge in [-0.1, -0.05) is 29.3 Å². The fourth-order valence-corrected chi connectivity index (χ4v) is 5.10. The summed E-state index contributed by atoms with van der Waals surface area (Å²) >= 11 is 7.82. The standard InChI is InChI=1S/C17H10ClFIN3O2S/c1-9-2-4-10(5-3-9)26(24,25)23-13-8-21-14(18)6-11(13)15-16(20)12(19)7-22-17(15)23/h2-8H,1H3. The van der Waals surface area contributed by atoms with Crippen molar-refractivity contribution in [2.75, 3.05) is 0 Å². The molecule has 0 unspecified atom stereocenters. The first-order valence-corrected chi connectivity index (χ1v) is 10.3. The molecule has 0 radical (unpaired) electrons. The number of aryl methyl sites for hydroxylation is 1. The van der Waals surface area contributed by atoms with Crippen LogP contribution in [0.15, 0.2) is 47.6 Å². The highest BCUT2D eigenvalue weighted by atomic mass is 127. The second-order valence-corrected chi connectivity index (χ2v) is 8.98. The molecule has 0 aliphatic heterocycles. The highest BCUT2D eigenvalue weighted by Gasteiger charge is 2.26. The molecule has 0 atom stereocenters. The smallest absolute Gasteiger partial charge is 0.242 e. The maximum Gasteiger partial charge on any atom is 0.269 e. The van der Waals surface area contributed by atoms with Crippen LogP contribution in [0.2, 0.25) is 5.15 Å². The van der Waals surface area contributed by atoms with Crippen LogP contribution in [0.25, 0.3) is 21.9 Å². The molecular weight excluding hydrogens is 492 g/mol. The zero-order valence-electron chi connectivity index (χ0n) is 13.2. The molecule has 0 saturated carbocycles. The Morgan fingerprint density at radius 3 is 2.54 bits per heavy atom. The molecule has 3 aromatic heterocycles.